The van der Waals surface area contributed by atoms with Crippen molar-refractivity contribution in [3.8, 4) is 0 Å². The molecule has 31 heavy (non-hydrogen) atoms. The summed E-state index contributed by atoms with van der Waals surface area (Å²) < 4.78 is 0. The van der Waals surface area contributed by atoms with Crippen molar-refractivity contribution < 1.29 is 14.7 Å². The molecule has 6 heteroatoms. The minimum atomic E-state index is -2.03. The average Bonchev–Trinajstić information content (AvgIpc) is 2.97. The molecule has 0 bridgehead atoms. The number of aliphatic hydroxyl groups is 1. The van der Waals surface area contributed by atoms with Crippen LogP contribution in [0.4, 0.5) is 5.69 Å². The number of halogens is 2. The van der Waals surface area contributed by atoms with Gasteiger partial charge in [-0.2, -0.15) is 0 Å². The second-order valence-corrected chi connectivity index (χ2v) is 8.71. The quantitative estimate of drug-likeness (QED) is 0.514. The number of Topliss-reactive ketones (excluding diaryl/α,β-unsaturated/α-hetero) is 1. The van der Waals surface area contributed by atoms with Gasteiger partial charge in [0, 0.05) is 21.2 Å². The van der Waals surface area contributed by atoms with Crippen LogP contribution in [0.2, 0.25) is 10.0 Å². The zero-order chi connectivity index (χ0) is 22.3. The SMILES string of the molecule is Cc1ccccc1CN1C(=O)C(O)(C(C)C(=O)c2ccc(Cl)cc2)c2cc(Cl)ccc21. The molecular weight excluding hydrogens is 433 g/mol. The molecule has 0 fully saturated rings. The Kier molecular flexibility index (Phi) is 5.65. The number of hydrogen-bond acceptors (Lipinski definition) is 3. The molecule has 1 N–H and O–H groups in total. The fraction of sp³-hybridized carbons (Fsp3) is 0.200. The maximum absolute atomic E-state index is 13.6. The number of nitrogens with zero attached hydrogens (tertiary/aromatic N) is 1. The number of carbonyl (C=O) groups excluding carboxylic acids is 2. The van der Waals surface area contributed by atoms with Gasteiger partial charge in [0.25, 0.3) is 5.91 Å². The molecule has 3 aromatic carbocycles. The maximum Gasteiger partial charge on any atom is 0.264 e. The van der Waals surface area contributed by atoms with Crippen molar-refractivity contribution in [1.29, 1.82) is 0 Å². The predicted molar refractivity (Wildman–Crippen MR) is 123 cm³/mol. The van der Waals surface area contributed by atoms with Crippen LogP contribution in [0.5, 0.6) is 0 Å². The number of carbonyl (C=O) groups is 2. The highest BCUT2D eigenvalue weighted by Gasteiger charge is 2.55. The standard InChI is InChI=1S/C25H21Cl2NO3/c1-15-5-3-4-6-18(15)14-28-22-12-11-20(27)13-21(22)25(31,24(28)30)16(2)23(29)17-7-9-19(26)10-8-17/h3-13,16,31H,14H2,1-2H3. The summed E-state index contributed by atoms with van der Waals surface area (Å²) in [5.41, 5.74) is 1.23. The van der Waals surface area contributed by atoms with Crippen LogP contribution >= 0.6 is 23.2 Å². The first-order chi connectivity index (χ1) is 14.7. The molecule has 1 amide bonds. The summed E-state index contributed by atoms with van der Waals surface area (Å²) in [6, 6.07) is 19.1. The molecule has 0 saturated heterocycles. The molecule has 0 spiro atoms. The molecular formula is C25H21Cl2NO3. The van der Waals surface area contributed by atoms with Crippen molar-refractivity contribution in [1.82, 2.24) is 0 Å². The highest BCUT2D eigenvalue weighted by molar-refractivity contribution is 6.31. The first-order valence-corrected chi connectivity index (χ1v) is 10.7. The molecule has 0 radical (unpaired) electrons. The summed E-state index contributed by atoms with van der Waals surface area (Å²) in [7, 11) is 0. The third kappa shape index (κ3) is 3.65. The van der Waals surface area contributed by atoms with E-state index in [1.807, 2.05) is 31.2 Å². The van der Waals surface area contributed by atoms with E-state index in [1.54, 1.807) is 49.4 Å². The fourth-order valence-corrected chi connectivity index (χ4v) is 4.36. The molecule has 1 aliphatic heterocycles. The molecule has 3 aromatic rings. The Morgan fingerprint density at radius 3 is 2.35 bits per heavy atom. The Hall–Kier alpha value is -2.66. The van der Waals surface area contributed by atoms with E-state index in [-0.39, 0.29) is 12.3 Å². The van der Waals surface area contributed by atoms with E-state index in [2.05, 4.69) is 0 Å². The van der Waals surface area contributed by atoms with Crippen LogP contribution < -0.4 is 4.90 Å². The molecule has 1 aliphatic rings. The number of aryl methyl sites for hydroxylation is 1. The maximum atomic E-state index is 13.6. The van der Waals surface area contributed by atoms with Gasteiger partial charge in [-0.25, -0.2) is 0 Å². The number of benzene rings is 3. The van der Waals surface area contributed by atoms with Crippen molar-refractivity contribution in [2.24, 2.45) is 5.92 Å². The summed E-state index contributed by atoms with van der Waals surface area (Å²) in [6.45, 7) is 3.82. The Morgan fingerprint density at radius 1 is 1.03 bits per heavy atom. The highest BCUT2D eigenvalue weighted by Crippen LogP contribution is 2.47. The van der Waals surface area contributed by atoms with Crippen LogP contribution in [0.15, 0.2) is 66.7 Å². The molecule has 0 aliphatic carbocycles. The first kappa shape index (κ1) is 21.6. The number of hydrogen-bond donors (Lipinski definition) is 1. The second-order valence-electron chi connectivity index (χ2n) is 7.84. The van der Waals surface area contributed by atoms with Gasteiger partial charge in [-0.3, -0.25) is 9.59 Å². The Bertz CT molecular complexity index is 1180. The lowest BCUT2D eigenvalue weighted by Gasteiger charge is -2.29. The molecule has 4 rings (SSSR count). The minimum Gasteiger partial charge on any atom is -0.375 e. The molecule has 0 saturated carbocycles. The van der Waals surface area contributed by atoms with E-state index in [1.165, 1.54) is 4.90 Å². The summed E-state index contributed by atoms with van der Waals surface area (Å²) in [5, 5.41) is 12.6. The summed E-state index contributed by atoms with van der Waals surface area (Å²) in [4.78, 5) is 28.3. The lowest BCUT2D eigenvalue weighted by molar-refractivity contribution is -0.139. The Labute approximate surface area is 191 Å². The van der Waals surface area contributed by atoms with Gasteiger partial charge < -0.3 is 10.0 Å². The lowest BCUT2D eigenvalue weighted by Crippen LogP contribution is -2.47. The normalized spacial score (nSPS) is 18.7. The summed E-state index contributed by atoms with van der Waals surface area (Å²) in [5.74, 6) is -1.92. The topological polar surface area (TPSA) is 57.6 Å². The van der Waals surface area contributed by atoms with Gasteiger partial charge in [0.15, 0.2) is 11.4 Å². The van der Waals surface area contributed by atoms with Crippen molar-refractivity contribution >= 4 is 40.6 Å². The van der Waals surface area contributed by atoms with Gasteiger partial charge in [0.1, 0.15) is 0 Å². The van der Waals surface area contributed by atoms with Gasteiger partial charge in [0.2, 0.25) is 0 Å². The van der Waals surface area contributed by atoms with Crippen LogP contribution in [0, 0.1) is 12.8 Å². The third-order valence-electron chi connectivity index (χ3n) is 5.97. The van der Waals surface area contributed by atoms with Gasteiger partial charge in [-0.1, -0.05) is 54.4 Å². The van der Waals surface area contributed by atoms with Crippen molar-refractivity contribution in [2.75, 3.05) is 4.90 Å². The molecule has 2 atom stereocenters. The largest absolute Gasteiger partial charge is 0.375 e. The average molecular weight is 454 g/mol. The van der Waals surface area contributed by atoms with Crippen LogP contribution in [0.25, 0.3) is 0 Å². The van der Waals surface area contributed by atoms with Crippen LogP contribution in [-0.2, 0) is 16.9 Å². The fourth-order valence-electron chi connectivity index (χ4n) is 4.07. The van der Waals surface area contributed by atoms with Crippen molar-refractivity contribution in [2.45, 2.75) is 26.0 Å². The van der Waals surface area contributed by atoms with Gasteiger partial charge >= 0.3 is 0 Å². The summed E-state index contributed by atoms with van der Waals surface area (Å²) in [6.07, 6.45) is 0. The second kappa shape index (κ2) is 8.12. The zero-order valence-electron chi connectivity index (χ0n) is 17.1. The highest BCUT2D eigenvalue weighted by atomic mass is 35.5. The monoisotopic (exact) mass is 453 g/mol. The molecule has 2 unspecified atom stereocenters. The molecule has 1 heterocycles. The Balaban J connectivity index is 1.77. The smallest absolute Gasteiger partial charge is 0.264 e. The zero-order valence-corrected chi connectivity index (χ0v) is 18.6. The number of fused-ring (bicyclic) bond motifs is 1. The third-order valence-corrected chi connectivity index (χ3v) is 6.46. The summed E-state index contributed by atoms with van der Waals surface area (Å²) >= 11 is 12.1. The van der Waals surface area contributed by atoms with Gasteiger partial charge in [-0.05, 0) is 60.5 Å². The van der Waals surface area contributed by atoms with Crippen LogP contribution in [0.3, 0.4) is 0 Å². The van der Waals surface area contributed by atoms with E-state index >= 15 is 0 Å². The van der Waals surface area contributed by atoms with E-state index in [0.29, 0.717) is 26.9 Å². The van der Waals surface area contributed by atoms with E-state index < -0.39 is 17.4 Å². The van der Waals surface area contributed by atoms with E-state index in [0.717, 1.165) is 11.1 Å². The number of amides is 1. The number of anilines is 1. The van der Waals surface area contributed by atoms with Crippen LogP contribution in [-0.4, -0.2) is 16.8 Å². The lowest BCUT2D eigenvalue weighted by atomic mass is 9.79. The number of ketones is 1. The molecule has 0 aromatic heterocycles. The van der Waals surface area contributed by atoms with E-state index in [4.69, 9.17) is 23.2 Å². The molecule has 158 valence electrons. The Morgan fingerprint density at radius 2 is 1.68 bits per heavy atom. The van der Waals surface area contributed by atoms with Crippen molar-refractivity contribution in [3.63, 3.8) is 0 Å². The first-order valence-electron chi connectivity index (χ1n) is 9.92. The van der Waals surface area contributed by atoms with Gasteiger partial charge in [-0.15, -0.1) is 0 Å². The van der Waals surface area contributed by atoms with Gasteiger partial charge in [0.05, 0.1) is 18.2 Å². The predicted octanol–water partition coefficient (Wildman–Crippen LogP) is 5.56. The minimum absolute atomic E-state index is 0.282. The van der Waals surface area contributed by atoms with Crippen molar-refractivity contribution in [3.05, 3.63) is 99.0 Å². The van der Waals surface area contributed by atoms with Crippen LogP contribution in [0.1, 0.15) is 34.0 Å². The van der Waals surface area contributed by atoms with E-state index in [9.17, 15) is 14.7 Å². The molecule has 4 nitrogen and oxygen atoms in total. The number of rotatable bonds is 5.